The second-order valence-corrected chi connectivity index (χ2v) is 2.70. The second kappa shape index (κ2) is 2.44. The van der Waals surface area contributed by atoms with Crippen molar-refractivity contribution in [1.29, 1.82) is 0 Å². The quantitative estimate of drug-likeness (QED) is 0.592. The van der Waals surface area contributed by atoms with E-state index in [1.165, 1.54) is 0 Å². The summed E-state index contributed by atoms with van der Waals surface area (Å²) >= 11 is 0. The Morgan fingerprint density at radius 1 is 1.58 bits per heavy atom. The van der Waals surface area contributed by atoms with Crippen molar-refractivity contribution in [3.8, 4) is 0 Å². The highest BCUT2D eigenvalue weighted by Crippen LogP contribution is 2.12. The van der Waals surface area contributed by atoms with Crippen molar-refractivity contribution in [3.63, 3.8) is 0 Å². The number of hydrogen-bond donors (Lipinski definition) is 0. The molecule has 0 aliphatic heterocycles. The van der Waals surface area contributed by atoms with Gasteiger partial charge >= 0.3 is 0 Å². The van der Waals surface area contributed by atoms with E-state index in [1.807, 2.05) is 19.2 Å². The Hall–Kier alpha value is -1.64. The lowest BCUT2D eigenvalue weighted by atomic mass is 10.2. The molecule has 0 amide bonds. The van der Waals surface area contributed by atoms with Gasteiger partial charge in [0, 0.05) is 11.8 Å². The van der Waals surface area contributed by atoms with Crippen LogP contribution in [0.5, 0.6) is 0 Å². The van der Waals surface area contributed by atoms with Crippen molar-refractivity contribution in [2.24, 2.45) is 0 Å². The molecule has 2 rings (SSSR count). The van der Waals surface area contributed by atoms with Gasteiger partial charge in [0.25, 0.3) is 0 Å². The number of fused-ring (bicyclic) bond motifs is 1. The molecule has 0 atom stereocenters. The molecule has 60 valence electrons. The van der Waals surface area contributed by atoms with E-state index < -0.39 is 0 Å². The Balaban J connectivity index is 2.93. The van der Waals surface area contributed by atoms with E-state index in [0.717, 1.165) is 17.4 Å². The van der Waals surface area contributed by atoms with E-state index in [1.54, 1.807) is 16.8 Å². The molecule has 2 heterocycles. The van der Waals surface area contributed by atoms with Crippen LogP contribution in [-0.2, 0) is 0 Å². The van der Waals surface area contributed by atoms with Gasteiger partial charge in [-0.3, -0.25) is 4.79 Å². The monoisotopic (exact) mass is 160 g/mol. The fourth-order valence-electron chi connectivity index (χ4n) is 1.32. The Labute approximate surface area is 69.6 Å². The van der Waals surface area contributed by atoms with Gasteiger partial charge in [0.2, 0.25) is 0 Å². The Morgan fingerprint density at radius 2 is 2.42 bits per heavy atom. The van der Waals surface area contributed by atoms with Crippen molar-refractivity contribution < 1.29 is 4.79 Å². The van der Waals surface area contributed by atoms with Crippen molar-refractivity contribution in [3.05, 3.63) is 35.7 Å². The maximum Gasteiger partial charge on any atom is 0.152 e. The van der Waals surface area contributed by atoms with Crippen LogP contribution in [0.1, 0.15) is 15.9 Å². The fraction of sp³-hybridized carbons (Fsp3) is 0.111. The number of aryl methyl sites for hydroxylation is 1. The first-order valence-corrected chi connectivity index (χ1v) is 3.71. The molecule has 0 saturated carbocycles. The van der Waals surface area contributed by atoms with E-state index in [0.29, 0.717) is 5.56 Å². The third-order valence-corrected chi connectivity index (χ3v) is 1.88. The Bertz CT molecular complexity index is 431. The third-order valence-electron chi connectivity index (χ3n) is 1.88. The summed E-state index contributed by atoms with van der Waals surface area (Å²) in [5, 5.41) is 4.08. The van der Waals surface area contributed by atoms with Crippen LogP contribution in [0.25, 0.3) is 5.52 Å². The minimum absolute atomic E-state index is 0.688. The summed E-state index contributed by atoms with van der Waals surface area (Å²) in [6.07, 6.45) is 4.43. The highest BCUT2D eigenvalue weighted by atomic mass is 16.1. The molecule has 0 aliphatic rings. The number of rotatable bonds is 1. The number of carbonyl (C=O) groups excluding carboxylic acids is 1. The number of aromatic nitrogens is 2. The van der Waals surface area contributed by atoms with Crippen LogP contribution in [0, 0.1) is 6.92 Å². The molecule has 12 heavy (non-hydrogen) atoms. The average Bonchev–Trinajstić information content (AvgIpc) is 2.48. The molecule has 0 spiro atoms. The topological polar surface area (TPSA) is 34.4 Å². The second-order valence-electron chi connectivity index (χ2n) is 2.70. The maximum absolute atomic E-state index is 10.6. The van der Waals surface area contributed by atoms with Gasteiger partial charge in [-0.2, -0.15) is 5.10 Å². The van der Waals surface area contributed by atoms with E-state index in [9.17, 15) is 4.79 Å². The summed E-state index contributed by atoms with van der Waals surface area (Å²) in [5.74, 6) is 0. The standard InChI is InChI=1S/C9H8N2O/c1-7-5-10-11-4-2-3-8(6-12)9(7)11/h2-6H,1H3. The molecule has 0 fully saturated rings. The highest BCUT2D eigenvalue weighted by Gasteiger charge is 2.03. The summed E-state index contributed by atoms with van der Waals surface area (Å²) < 4.78 is 1.71. The molecule has 2 aromatic heterocycles. The molecule has 0 aromatic carbocycles. The van der Waals surface area contributed by atoms with E-state index >= 15 is 0 Å². The molecule has 3 nitrogen and oxygen atoms in total. The van der Waals surface area contributed by atoms with Gasteiger partial charge < -0.3 is 0 Å². The largest absolute Gasteiger partial charge is 0.298 e. The van der Waals surface area contributed by atoms with Crippen LogP contribution in [0.3, 0.4) is 0 Å². The lowest BCUT2D eigenvalue weighted by molar-refractivity contribution is 0.112. The van der Waals surface area contributed by atoms with Gasteiger partial charge in [-0.05, 0) is 24.6 Å². The van der Waals surface area contributed by atoms with Crippen LogP contribution in [0.4, 0.5) is 0 Å². The minimum Gasteiger partial charge on any atom is -0.298 e. The summed E-state index contributed by atoms with van der Waals surface area (Å²) in [6.45, 7) is 1.94. The predicted octanol–water partition coefficient (Wildman–Crippen LogP) is 1.46. The predicted molar refractivity (Wildman–Crippen MR) is 45.3 cm³/mol. The van der Waals surface area contributed by atoms with Crippen LogP contribution < -0.4 is 0 Å². The molecular weight excluding hydrogens is 152 g/mol. The number of nitrogens with zero attached hydrogens (tertiary/aromatic N) is 2. The first-order valence-electron chi connectivity index (χ1n) is 3.71. The van der Waals surface area contributed by atoms with Crippen molar-refractivity contribution in [2.75, 3.05) is 0 Å². The van der Waals surface area contributed by atoms with E-state index in [2.05, 4.69) is 5.10 Å². The molecule has 0 aliphatic carbocycles. The summed E-state index contributed by atoms with van der Waals surface area (Å²) in [4.78, 5) is 10.6. The Morgan fingerprint density at radius 3 is 3.17 bits per heavy atom. The normalized spacial score (nSPS) is 10.4. The molecule has 0 saturated heterocycles. The molecule has 0 unspecified atom stereocenters. The van der Waals surface area contributed by atoms with Crippen LogP contribution in [0.2, 0.25) is 0 Å². The zero-order valence-corrected chi connectivity index (χ0v) is 6.69. The zero-order valence-electron chi connectivity index (χ0n) is 6.69. The highest BCUT2D eigenvalue weighted by molar-refractivity contribution is 5.87. The van der Waals surface area contributed by atoms with Crippen LogP contribution in [0.15, 0.2) is 24.5 Å². The lowest BCUT2D eigenvalue weighted by Crippen LogP contribution is -1.90. The minimum atomic E-state index is 0.688. The van der Waals surface area contributed by atoms with Gasteiger partial charge in [-0.25, -0.2) is 4.52 Å². The summed E-state index contributed by atoms with van der Waals surface area (Å²) in [7, 11) is 0. The molecule has 0 N–H and O–H groups in total. The number of hydrogen-bond acceptors (Lipinski definition) is 2. The average molecular weight is 160 g/mol. The smallest absolute Gasteiger partial charge is 0.152 e. The van der Waals surface area contributed by atoms with Crippen LogP contribution in [-0.4, -0.2) is 15.9 Å². The lowest BCUT2D eigenvalue weighted by Gasteiger charge is -1.95. The molecular formula is C9H8N2O. The van der Waals surface area contributed by atoms with Gasteiger partial charge in [0.15, 0.2) is 6.29 Å². The van der Waals surface area contributed by atoms with Crippen molar-refractivity contribution in [1.82, 2.24) is 9.61 Å². The zero-order chi connectivity index (χ0) is 8.55. The molecule has 0 bridgehead atoms. The van der Waals surface area contributed by atoms with Crippen LogP contribution >= 0.6 is 0 Å². The fourth-order valence-corrected chi connectivity index (χ4v) is 1.32. The molecule has 3 heteroatoms. The third kappa shape index (κ3) is 0.830. The Kier molecular flexibility index (Phi) is 1.43. The van der Waals surface area contributed by atoms with Gasteiger partial charge in [0.05, 0.1) is 11.7 Å². The van der Waals surface area contributed by atoms with Crippen molar-refractivity contribution in [2.45, 2.75) is 6.92 Å². The first-order chi connectivity index (χ1) is 5.83. The maximum atomic E-state index is 10.6. The number of aldehydes is 1. The van der Waals surface area contributed by atoms with Crippen molar-refractivity contribution >= 4 is 11.8 Å². The molecule has 0 radical (unpaired) electrons. The SMILES string of the molecule is Cc1cnn2cccc(C=O)c12. The number of pyridine rings is 1. The first kappa shape index (κ1) is 7.03. The number of carbonyl (C=O) groups is 1. The van der Waals surface area contributed by atoms with Gasteiger partial charge in [-0.1, -0.05) is 0 Å². The van der Waals surface area contributed by atoms with E-state index in [-0.39, 0.29) is 0 Å². The van der Waals surface area contributed by atoms with Gasteiger partial charge in [0.1, 0.15) is 0 Å². The summed E-state index contributed by atoms with van der Waals surface area (Å²) in [5.41, 5.74) is 2.61. The van der Waals surface area contributed by atoms with Gasteiger partial charge in [-0.15, -0.1) is 0 Å². The summed E-state index contributed by atoms with van der Waals surface area (Å²) in [6, 6.07) is 3.60. The molecule has 2 aromatic rings. The van der Waals surface area contributed by atoms with E-state index in [4.69, 9.17) is 0 Å².